The Kier molecular flexibility index (Phi) is 4.14. The van der Waals surface area contributed by atoms with Crippen LogP contribution in [0.15, 0.2) is 41.9 Å². The molecule has 0 fully saturated rings. The second kappa shape index (κ2) is 6.22. The van der Waals surface area contributed by atoms with Crippen LogP contribution < -0.4 is 5.32 Å². The van der Waals surface area contributed by atoms with Crippen LogP contribution in [0.4, 0.5) is 5.69 Å². The van der Waals surface area contributed by atoms with Crippen LogP contribution in [0.3, 0.4) is 0 Å². The number of hydrogen-bond acceptors (Lipinski definition) is 4. The van der Waals surface area contributed by atoms with E-state index in [4.69, 9.17) is 16.9 Å². The lowest BCUT2D eigenvalue weighted by Gasteiger charge is -2.07. The molecule has 0 unspecified atom stereocenters. The highest BCUT2D eigenvalue weighted by atomic mass is 35.5. The summed E-state index contributed by atoms with van der Waals surface area (Å²) in [7, 11) is 1.91. The van der Waals surface area contributed by atoms with Crippen molar-refractivity contribution >= 4 is 28.6 Å². The molecule has 0 radical (unpaired) electrons. The Balaban J connectivity index is 1.82. The minimum Gasteiger partial charge on any atom is -0.381 e. The molecule has 0 aliphatic rings. The molecule has 4 nitrogen and oxygen atoms in total. The fourth-order valence-electron chi connectivity index (χ4n) is 2.21. The van der Waals surface area contributed by atoms with Crippen molar-refractivity contribution in [2.24, 2.45) is 7.05 Å². The fraction of sp³-hybridized carbons (Fsp3) is 0.125. The van der Waals surface area contributed by atoms with E-state index in [-0.39, 0.29) is 0 Å². The average Bonchev–Trinajstić information content (AvgIpc) is 3.15. The average molecular weight is 329 g/mol. The van der Waals surface area contributed by atoms with Crippen molar-refractivity contribution in [2.45, 2.75) is 6.54 Å². The van der Waals surface area contributed by atoms with E-state index in [9.17, 15) is 0 Å². The van der Waals surface area contributed by atoms with Gasteiger partial charge in [-0.3, -0.25) is 4.68 Å². The van der Waals surface area contributed by atoms with Crippen molar-refractivity contribution in [2.75, 3.05) is 5.32 Å². The molecule has 2 heterocycles. The summed E-state index contributed by atoms with van der Waals surface area (Å²) >= 11 is 7.62. The van der Waals surface area contributed by atoms with Gasteiger partial charge in [-0.2, -0.15) is 10.4 Å². The minimum atomic E-state index is 0.466. The van der Waals surface area contributed by atoms with E-state index in [2.05, 4.69) is 22.6 Å². The van der Waals surface area contributed by atoms with Gasteiger partial charge in [0.05, 0.1) is 15.5 Å². The smallest absolute Gasteiger partial charge is 0.107 e. The van der Waals surface area contributed by atoms with Gasteiger partial charge in [0.15, 0.2) is 0 Å². The van der Waals surface area contributed by atoms with Gasteiger partial charge in [0.1, 0.15) is 11.8 Å². The summed E-state index contributed by atoms with van der Waals surface area (Å²) in [6.07, 6.45) is 2.00. The lowest BCUT2D eigenvalue weighted by molar-refractivity contribution is 0.770. The molecule has 2 aromatic heterocycles. The van der Waals surface area contributed by atoms with Crippen LogP contribution in [-0.2, 0) is 13.6 Å². The largest absolute Gasteiger partial charge is 0.381 e. The normalized spacial score (nSPS) is 10.4. The Morgan fingerprint density at radius 3 is 3.00 bits per heavy atom. The molecule has 0 saturated carbocycles. The third-order valence-corrected chi connectivity index (χ3v) is 4.44. The molecular formula is C16H13ClN4S. The van der Waals surface area contributed by atoms with Crippen molar-refractivity contribution < 1.29 is 0 Å². The first-order valence-corrected chi connectivity index (χ1v) is 7.93. The molecule has 0 atom stereocenters. The first-order chi connectivity index (χ1) is 10.7. The number of thiophene rings is 1. The number of aryl methyl sites for hydroxylation is 1. The van der Waals surface area contributed by atoms with Crippen LogP contribution >= 0.6 is 22.9 Å². The van der Waals surface area contributed by atoms with E-state index < -0.39 is 0 Å². The Hall–Kier alpha value is -2.29. The molecule has 6 heteroatoms. The summed E-state index contributed by atoms with van der Waals surface area (Å²) < 4.78 is 1.81. The molecule has 0 aliphatic carbocycles. The number of anilines is 1. The predicted molar refractivity (Wildman–Crippen MR) is 90.0 cm³/mol. The fourth-order valence-corrected chi connectivity index (χ4v) is 3.11. The molecule has 3 rings (SSSR count). The van der Waals surface area contributed by atoms with Crippen LogP contribution in [-0.4, -0.2) is 9.78 Å². The monoisotopic (exact) mass is 328 g/mol. The van der Waals surface area contributed by atoms with Crippen molar-refractivity contribution in [3.8, 4) is 16.6 Å². The van der Waals surface area contributed by atoms with Gasteiger partial charge >= 0.3 is 0 Å². The second-order valence-corrected chi connectivity index (χ2v) is 6.17. The quantitative estimate of drug-likeness (QED) is 0.777. The van der Waals surface area contributed by atoms with Gasteiger partial charge < -0.3 is 5.32 Å². The van der Waals surface area contributed by atoms with Gasteiger partial charge in [0, 0.05) is 31.0 Å². The van der Waals surface area contributed by atoms with Gasteiger partial charge in [0.2, 0.25) is 0 Å². The van der Waals surface area contributed by atoms with E-state index in [1.807, 2.05) is 35.4 Å². The number of benzene rings is 1. The number of nitrogens with one attached hydrogen (secondary N) is 1. The second-order valence-electron chi connectivity index (χ2n) is 4.81. The molecule has 0 aliphatic heterocycles. The van der Waals surface area contributed by atoms with Gasteiger partial charge in [-0.15, -0.1) is 11.3 Å². The van der Waals surface area contributed by atoms with Crippen LogP contribution in [0.2, 0.25) is 5.02 Å². The lowest BCUT2D eigenvalue weighted by Crippen LogP contribution is -2.00. The number of nitriles is 1. The first-order valence-electron chi connectivity index (χ1n) is 6.67. The molecule has 22 heavy (non-hydrogen) atoms. The summed E-state index contributed by atoms with van der Waals surface area (Å²) in [5, 5.41) is 19.4. The lowest BCUT2D eigenvalue weighted by atomic mass is 10.2. The third-order valence-electron chi connectivity index (χ3n) is 3.23. The van der Waals surface area contributed by atoms with Gasteiger partial charge in [0.25, 0.3) is 0 Å². The highest BCUT2D eigenvalue weighted by molar-refractivity contribution is 7.13. The first kappa shape index (κ1) is 14.6. The molecule has 3 aromatic rings. The molecular weight excluding hydrogens is 316 g/mol. The summed E-state index contributed by atoms with van der Waals surface area (Å²) in [6, 6.07) is 11.5. The van der Waals surface area contributed by atoms with Gasteiger partial charge in [-0.05, 0) is 29.6 Å². The van der Waals surface area contributed by atoms with Crippen LogP contribution in [0.1, 0.15) is 11.1 Å². The zero-order valence-corrected chi connectivity index (χ0v) is 13.4. The Morgan fingerprint density at radius 1 is 1.41 bits per heavy atom. The molecule has 0 amide bonds. The number of nitrogens with zero attached hydrogens (tertiary/aromatic N) is 3. The number of halogens is 1. The summed E-state index contributed by atoms with van der Waals surface area (Å²) in [4.78, 5) is 1.14. The summed E-state index contributed by atoms with van der Waals surface area (Å²) in [5.74, 6) is 0. The maximum absolute atomic E-state index is 9.03. The number of aromatic nitrogens is 2. The zero-order valence-electron chi connectivity index (χ0n) is 11.9. The zero-order chi connectivity index (χ0) is 15.5. The Morgan fingerprint density at radius 2 is 2.27 bits per heavy atom. The molecule has 1 aromatic carbocycles. The summed E-state index contributed by atoms with van der Waals surface area (Å²) in [6.45, 7) is 0.633. The molecule has 0 spiro atoms. The van der Waals surface area contributed by atoms with E-state index in [1.165, 1.54) is 0 Å². The van der Waals surface area contributed by atoms with E-state index in [0.29, 0.717) is 17.1 Å². The Bertz CT molecular complexity index is 830. The van der Waals surface area contributed by atoms with Crippen molar-refractivity contribution in [1.29, 1.82) is 5.26 Å². The maximum Gasteiger partial charge on any atom is 0.107 e. The molecule has 110 valence electrons. The molecule has 0 bridgehead atoms. The highest BCUT2D eigenvalue weighted by Crippen LogP contribution is 2.27. The van der Waals surface area contributed by atoms with Crippen LogP contribution in [0.5, 0.6) is 0 Å². The highest BCUT2D eigenvalue weighted by Gasteiger charge is 2.11. The summed E-state index contributed by atoms with van der Waals surface area (Å²) in [5.41, 5.74) is 3.43. The van der Waals surface area contributed by atoms with Crippen molar-refractivity contribution in [1.82, 2.24) is 9.78 Å². The predicted octanol–water partition coefficient (Wildman–Crippen LogP) is 4.29. The standard InChI is InChI=1S/C16H13ClN4S/c1-21-10-12(16(20-21)15-3-2-6-22-15)9-19-13-4-5-14(17)11(7-13)8-18/h2-7,10,19H,9H2,1H3. The minimum absolute atomic E-state index is 0.466. The number of rotatable bonds is 4. The van der Waals surface area contributed by atoms with Crippen molar-refractivity contribution in [3.05, 3.63) is 58.1 Å². The van der Waals surface area contributed by atoms with Gasteiger partial charge in [-0.1, -0.05) is 17.7 Å². The third kappa shape index (κ3) is 2.98. The molecule has 1 N–H and O–H groups in total. The van der Waals surface area contributed by atoms with E-state index in [0.717, 1.165) is 21.8 Å². The van der Waals surface area contributed by atoms with Crippen LogP contribution in [0, 0.1) is 11.3 Å². The van der Waals surface area contributed by atoms with Crippen LogP contribution in [0.25, 0.3) is 10.6 Å². The van der Waals surface area contributed by atoms with Crippen molar-refractivity contribution in [3.63, 3.8) is 0 Å². The van der Waals surface area contributed by atoms with E-state index >= 15 is 0 Å². The Labute approximate surface area is 137 Å². The SMILES string of the molecule is Cn1cc(CNc2ccc(Cl)c(C#N)c2)c(-c2cccs2)n1. The molecule has 0 saturated heterocycles. The maximum atomic E-state index is 9.03. The van der Waals surface area contributed by atoms with E-state index in [1.54, 1.807) is 23.5 Å². The topological polar surface area (TPSA) is 53.6 Å². The van der Waals surface area contributed by atoms with Gasteiger partial charge in [-0.25, -0.2) is 0 Å². The number of hydrogen-bond donors (Lipinski definition) is 1.